The molecule has 5 rings (SSSR count). The first-order chi connectivity index (χ1) is 14.7. The summed E-state index contributed by atoms with van der Waals surface area (Å²) in [6, 6.07) is 21.6. The third-order valence-electron chi connectivity index (χ3n) is 6.23. The van der Waals surface area contributed by atoms with Gasteiger partial charge in [0.2, 0.25) is 0 Å². The summed E-state index contributed by atoms with van der Waals surface area (Å²) in [5.41, 5.74) is 7.85. The van der Waals surface area contributed by atoms with Crippen molar-refractivity contribution in [2.75, 3.05) is 5.32 Å². The van der Waals surface area contributed by atoms with E-state index in [1.807, 2.05) is 6.07 Å². The Labute approximate surface area is 178 Å². The number of benzene rings is 2. The highest BCUT2D eigenvalue weighted by atomic mass is 15.3. The van der Waals surface area contributed by atoms with E-state index in [1.165, 1.54) is 42.4 Å². The Bertz CT molecular complexity index is 1160. The van der Waals surface area contributed by atoms with Crippen molar-refractivity contribution in [2.45, 2.75) is 52.0 Å². The molecule has 0 amide bonds. The molecule has 30 heavy (non-hydrogen) atoms. The molecule has 4 heteroatoms. The Hall–Kier alpha value is -3.14. The number of aromatic nitrogens is 3. The lowest BCUT2D eigenvalue weighted by atomic mass is 10.0. The van der Waals surface area contributed by atoms with Crippen LogP contribution in [-0.4, -0.2) is 20.6 Å². The number of rotatable bonds is 5. The molecule has 1 aliphatic carbocycles. The van der Waals surface area contributed by atoms with E-state index in [0.717, 1.165) is 34.8 Å². The van der Waals surface area contributed by atoms with Crippen LogP contribution in [0.3, 0.4) is 0 Å². The van der Waals surface area contributed by atoms with Crippen molar-refractivity contribution in [3.05, 3.63) is 83.2 Å². The Morgan fingerprint density at radius 1 is 0.900 bits per heavy atom. The van der Waals surface area contributed by atoms with Gasteiger partial charge in [-0.2, -0.15) is 9.61 Å². The Kier molecular flexibility index (Phi) is 4.99. The molecule has 0 unspecified atom stereocenters. The molecular formula is C26H28N4. The molecule has 0 bridgehead atoms. The van der Waals surface area contributed by atoms with Gasteiger partial charge in [-0.1, -0.05) is 73.5 Å². The van der Waals surface area contributed by atoms with Crippen LogP contribution in [0, 0.1) is 13.8 Å². The second-order valence-electron chi connectivity index (χ2n) is 8.37. The molecule has 0 atom stereocenters. The maximum atomic E-state index is 5.06. The molecule has 4 nitrogen and oxygen atoms in total. The van der Waals surface area contributed by atoms with Crippen molar-refractivity contribution in [3.63, 3.8) is 0 Å². The number of nitrogens with one attached hydrogen (secondary N) is 1. The largest absolute Gasteiger partial charge is 0.367 e. The van der Waals surface area contributed by atoms with Crippen LogP contribution in [-0.2, 0) is 6.42 Å². The van der Waals surface area contributed by atoms with Crippen molar-refractivity contribution in [3.8, 4) is 11.1 Å². The minimum absolute atomic E-state index is 0.509. The van der Waals surface area contributed by atoms with Gasteiger partial charge in [-0.25, -0.2) is 4.98 Å². The Balaban J connectivity index is 1.70. The van der Waals surface area contributed by atoms with Crippen LogP contribution in [0.25, 0.3) is 16.8 Å². The van der Waals surface area contributed by atoms with Crippen LogP contribution < -0.4 is 5.32 Å². The van der Waals surface area contributed by atoms with E-state index >= 15 is 0 Å². The number of hydrogen-bond donors (Lipinski definition) is 1. The maximum absolute atomic E-state index is 5.06. The van der Waals surface area contributed by atoms with Crippen molar-refractivity contribution in [1.82, 2.24) is 14.6 Å². The molecule has 2 aromatic heterocycles. The average Bonchev–Trinajstić information content (AvgIpc) is 3.39. The molecule has 2 aromatic carbocycles. The number of nitrogens with zero attached hydrogens (tertiary/aromatic N) is 3. The second-order valence-corrected chi connectivity index (χ2v) is 8.37. The zero-order chi connectivity index (χ0) is 20.5. The first kappa shape index (κ1) is 18.9. The first-order valence-electron chi connectivity index (χ1n) is 11.0. The van der Waals surface area contributed by atoms with E-state index in [9.17, 15) is 0 Å². The quantitative estimate of drug-likeness (QED) is 0.453. The number of aryl methyl sites for hydroxylation is 2. The van der Waals surface area contributed by atoms with Crippen LogP contribution >= 0.6 is 0 Å². The van der Waals surface area contributed by atoms with Gasteiger partial charge in [0, 0.05) is 29.3 Å². The summed E-state index contributed by atoms with van der Waals surface area (Å²) in [7, 11) is 0. The van der Waals surface area contributed by atoms with Gasteiger partial charge in [0.15, 0.2) is 5.65 Å². The molecule has 152 valence electrons. The molecule has 4 aromatic rings. The summed E-state index contributed by atoms with van der Waals surface area (Å²) in [6.07, 6.45) is 5.89. The first-order valence-corrected chi connectivity index (χ1v) is 11.0. The molecule has 0 radical (unpaired) electrons. The summed E-state index contributed by atoms with van der Waals surface area (Å²) in [4.78, 5) is 5.06. The van der Waals surface area contributed by atoms with Gasteiger partial charge in [-0.3, -0.25) is 0 Å². The van der Waals surface area contributed by atoms with E-state index < -0.39 is 0 Å². The Morgan fingerprint density at radius 2 is 1.57 bits per heavy atom. The zero-order valence-corrected chi connectivity index (χ0v) is 17.7. The van der Waals surface area contributed by atoms with Crippen molar-refractivity contribution in [2.24, 2.45) is 0 Å². The van der Waals surface area contributed by atoms with Crippen LogP contribution in [0.2, 0.25) is 0 Å². The van der Waals surface area contributed by atoms with Gasteiger partial charge in [0.25, 0.3) is 0 Å². The fourth-order valence-corrected chi connectivity index (χ4v) is 4.67. The lowest BCUT2D eigenvalue weighted by Gasteiger charge is -2.20. The van der Waals surface area contributed by atoms with Gasteiger partial charge in [-0.05, 0) is 37.8 Å². The topological polar surface area (TPSA) is 42.2 Å². The van der Waals surface area contributed by atoms with Crippen molar-refractivity contribution >= 4 is 11.5 Å². The van der Waals surface area contributed by atoms with Crippen molar-refractivity contribution in [1.29, 1.82) is 0 Å². The second kappa shape index (κ2) is 7.94. The molecule has 0 aliphatic heterocycles. The highest BCUT2D eigenvalue weighted by Gasteiger charge is 2.23. The fourth-order valence-electron chi connectivity index (χ4n) is 4.67. The highest BCUT2D eigenvalue weighted by molar-refractivity contribution is 5.81. The number of hydrogen-bond acceptors (Lipinski definition) is 3. The summed E-state index contributed by atoms with van der Waals surface area (Å²) in [6.45, 7) is 4.22. The van der Waals surface area contributed by atoms with Gasteiger partial charge in [0.05, 0.1) is 5.69 Å². The standard InChI is InChI=1S/C26H28N4/c1-18-23(17-20-11-5-3-6-12-20)25(28-22-15-9-10-16-22)30-26(27-18)24(19(2)29-30)21-13-7-4-8-14-21/h3-8,11-14,22,28H,9-10,15-17H2,1-2H3. The summed E-state index contributed by atoms with van der Waals surface area (Å²) < 4.78 is 2.06. The van der Waals surface area contributed by atoms with E-state index in [1.54, 1.807) is 0 Å². The lowest BCUT2D eigenvalue weighted by molar-refractivity contribution is 0.734. The molecule has 1 N–H and O–H groups in total. The fraction of sp³-hybridized carbons (Fsp3) is 0.308. The highest BCUT2D eigenvalue weighted by Crippen LogP contribution is 2.33. The van der Waals surface area contributed by atoms with E-state index in [4.69, 9.17) is 10.1 Å². The minimum Gasteiger partial charge on any atom is -0.367 e. The molecule has 1 fully saturated rings. The zero-order valence-electron chi connectivity index (χ0n) is 17.7. The lowest BCUT2D eigenvalue weighted by Crippen LogP contribution is -2.20. The minimum atomic E-state index is 0.509. The summed E-state index contributed by atoms with van der Waals surface area (Å²) in [5, 5.41) is 8.83. The predicted octanol–water partition coefficient (Wildman–Crippen LogP) is 5.96. The normalized spacial score (nSPS) is 14.5. The third kappa shape index (κ3) is 3.47. The van der Waals surface area contributed by atoms with Gasteiger partial charge in [0.1, 0.15) is 5.82 Å². The van der Waals surface area contributed by atoms with Gasteiger partial charge >= 0.3 is 0 Å². The van der Waals surface area contributed by atoms with Crippen LogP contribution in [0.15, 0.2) is 60.7 Å². The SMILES string of the molecule is Cc1nc2c(-c3ccccc3)c(C)nn2c(NC2CCCC2)c1Cc1ccccc1. The van der Waals surface area contributed by atoms with E-state index in [0.29, 0.717) is 6.04 Å². The van der Waals surface area contributed by atoms with Gasteiger partial charge < -0.3 is 5.32 Å². The molecular weight excluding hydrogens is 368 g/mol. The summed E-state index contributed by atoms with van der Waals surface area (Å²) >= 11 is 0. The third-order valence-corrected chi connectivity index (χ3v) is 6.23. The van der Waals surface area contributed by atoms with E-state index in [-0.39, 0.29) is 0 Å². The Morgan fingerprint density at radius 3 is 2.27 bits per heavy atom. The summed E-state index contributed by atoms with van der Waals surface area (Å²) in [5.74, 6) is 1.11. The van der Waals surface area contributed by atoms with Crippen LogP contribution in [0.1, 0.15) is 48.2 Å². The smallest absolute Gasteiger partial charge is 0.165 e. The molecule has 1 saturated carbocycles. The van der Waals surface area contributed by atoms with Gasteiger partial charge in [-0.15, -0.1) is 0 Å². The monoisotopic (exact) mass is 396 g/mol. The number of fused-ring (bicyclic) bond motifs is 1. The average molecular weight is 397 g/mol. The molecule has 0 spiro atoms. The molecule has 1 aliphatic rings. The molecule has 0 saturated heterocycles. The van der Waals surface area contributed by atoms with E-state index in [2.05, 4.69) is 78.3 Å². The number of anilines is 1. The maximum Gasteiger partial charge on any atom is 0.165 e. The predicted molar refractivity (Wildman–Crippen MR) is 123 cm³/mol. The van der Waals surface area contributed by atoms with Crippen LogP contribution in [0.4, 0.5) is 5.82 Å². The molecule has 2 heterocycles. The van der Waals surface area contributed by atoms with Crippen molar-refractivity contribution < 1.29 is 0 Å². The van der Waals surface area contributed by atoms with Crippen LogP contribution in [0.5, 0.6) is 0 Å².